The minimum atomic E-state index is -0.759. The third-order valence-corrected chi connectivity index (χ3v) is 3.07. The van der Waals surface area contributed by atoms with Gasteiger partial charge in [0.05, 0.1) is 6.07 Å². The zero-order valence-electron chi connectivity index (χ0n) is 13.3. The van der Waals surface area contributed by atoms with Crippen molar-refractivity contribution in [2.45, 2.75) is 32.4 Å². The highest BCUT2D eigenvalue weighted by Crippen LogP contribution is 2.34. The Hall–Kier alpha value is -2.42. The SMILES string of the molecule is CN(C(=O)OC(C)(C)C)C(C#N)c1ccc2c(c1)OCCO2. The number of nitrogens with zero attached hydrogens (tertiary/aromatic N) is 2. The molecule has 22 heavy (non-hydrogen) atoms. The first-order valence-corrected chi connectivity index (χ1v) is 7.07. The highest BCUT2D eigenvalue weighted by Gasteiger charge is 2.27. The zero-order chi connectivity index (χ0) is 16.3. The Bertz CT molecular complexity index is 601. The highest BCUT2D eigenvalue weighted by molar-refractivity contribution is 5.69. The van der Waals surface area contributed by atoms with Crippen LogP contribution in [0, 0.1) is 11.3 Å². The van der Waals surface area contributed by atoms with E-state index in [4.69, 9.17) is 14.2 Å². The fourth-order valence-corrected chi connectivity index (χ4v) is 2.05. The number of benzene rings is 1. The van der Waals surface area contributed by atoms with Gasteiger partial charge in [0, 0.05) is 7.05 Å². The van der Waals surface area contributed by atoms with Crippen molar-refractivity contribution in [2.24, 2.45) is 0 Å². The molecule has 0 N–H and O–H groups in total. The first-order valence-electron chi connectivity index (χ1n) is 7.07. The van der Waals surface area contributed by atoms with Crippen LogP contribution in [0.15, 0.2) is 18.2 Å². The molecule has 1 aliphatic heterocycles. The molecule has 1 heterocycles. The second-order valence-electron chi connectivity index (χ2n) is 6.03. The molecule has 1 unspecified atom stereocenters. The molecule has 0 fully saturated rings. The fraction of sp³-hybridized carbons (Fsp3) is 0.500. The van der Waals surface area contributed by atoms with Crippen LogP contribution in [0.4, 0.5) is 4.79 Å². The maximum atomic E-state index is 12.1. The number of ether oxygens (including phenoxy) is 3. The lowest BCUT2D eigenvalue weighted by Crippen LogP contribution is -2.36. The fourth-order valence-electron chi connectivity index (χ4n) is 2.05. The average molecular weight is 304 g/mol. The van der Waals surface area contributed by atoms with Gasteiger partial charge in [0.1, 0.15) is 24.9 Å². The van der Waals surface area contributed by atoms with E-state index >= 15 is 0 Å². The number of hydrogen-bond donors (Lipinski definition) is 0. The summed E-state index contributed by atoms with van der Waals surface area (Å²) in [5.74, 6) is 1.23. The van der Waals surface area contributed by atoms with Crippen LogP contribution >= 0.6 is 0 Å². The highest BCUT2D eigenvalue weighted by atomic mass is 16.6. The third kappa shape index (κ3) is 3.61. The van der Waals surface area contributed by atoms with Gasteiger partial charge in [0.15, 0.2) is 11.5 Å². The van der Waals surface area contributed by atoms with Gasteiger partial charge >= 0.3 is 6.09 Å². The third-order valence-electron chi connectivity index (χ3n) is 3.07. The molecule has 0 spiro atoms. The number of amides is 1. The van der Waals surface area contributed by atoms with Gasteiger partial charge in [-0.3, -0.25) is 4.90 Å². The first-order chi connectivity index (χ1) is 10.3. The number of carbonyl (C=O) groups excluding carboxylic acids is 1. The molecule has 0 saturated heterocycles. The van der Waals surface area contributed by atoms with Gasteiger partial charge in [-0.15, -0.1) is 0 Å². The van der Waals surface area contributed by atoms with E-state index in [1.165, 1.54) is 4.90 Å². The van der Waals surface area contributed by atoms with Gasteiger partial charge in [0.2, 0.25) is 0 Å². The second kappa shape index (κ2) is 6.14. The van der Waals surface area contributed by atoms with E-state index < -0.39 is 17.7 Å². The molecule has 1 aliphatic rings. The average Bonchev–Trinajstić information content (AvgIpc) is 2.46. The molecule has 118 valence electrons. The van der Waals surface area contributed by atoms with Crippen LogP contribution in [0.25, 0.3) is 0 Å². The Morgan fingerprint density at radius 1 is 1.32 bits per heavy atom. The summed E-state index contributed by atoms with van der Waals surface area (Å²) in [7, 11) is 1.54. The summed E-state index contributed by atoms with van der Waals surface area (Å²) in [5.41, 5.74) is 0.0399. The summed E-state index contributed by atoms with van der Waals surface area (Å²) in [6, 6.07) is 6.59. The molecule has 0 bridgehead atoms. The Morgan fingerprint density at radius 3 is 2.55 bits per heavy atom. The molecule has 1 aromatic carbocycles. The van der Waals surface area contributed by atoms with Crippen molar-refractivity contribution in [3.05, 3.63) is 23.8 Å². The van der Waals surface area contributed by atoms with Crippen LogP contribution in [-0.4, -0.2) is 36.9 Å². The lowest BCUT2D eigenvalue weighted by molar-refractivity contribution is 0.0258. The number of nitriles is 1. The van der Waals surface area contributed by atoms with Crippen molar-refractivity contribution < 1.29 is 19.0 Å². The Balaban J connectivity index is 2.21. The molecule has 1 atom stereocenters. The van der Waals surface area contributed by atoms with Gasteiger partial charge in [-0.2, -0.15) is 5.26 Å². The van der Waals surface area contributed by atoms with E-state index in [1.807, 2.05) is 0 Å². The van der Waals surface area contributed by atoms with Gasteiger partial charge in [-0.05, 0) is 38.5 Å². The molecule has 6 nitrogen and oxygen atoms in total. The topological polar surface area (TPSA) is 71.8 Å². The summed E-state index contributed by atoms with van der Waals surface area (Å²) in [5, 5.41) is 9.43. The Morgan fingerprint density at radius 2 is 1.95 bits per heavy atom. The van der Waals surface area contributed by atoms with E-state index in [2.05, 4.69) is 6.07 Å². The van der Waals surface area contributed by atoms with Crippen molar-refractivity contribution in [3.8, 4) is 17.6 Å². The molecule has 0 aromatic heterocycles. The van der Waals surface area contributed by atoms with Crippen molar-refractivity contribution in [1.29, 1.82) is 5.26 Å². The van der Waals surface area contributed by atoms with Crippen LogP contribution in [-0.2, 0) is 4.74 Å². The maximum absolute atomic E-state index is 12.1. The van der Waals surface area contributed by atoms with E-state index in [1.54, 1.807) is 46.0 Å². The van der Waals surface area contributed by atoms with Crippen LogP contribution in [0.3, 0.4) is 0 Å². The second-order valence-corrected chi connectivity index (χ2v) is 6.03. The minimum absolute atomic E-state index is 0.468. The van der Waals surface area contributed by atoms with Gasteiger partial charge in [-0.25, -0.2) is 4.79 Å². The van der Waals surface area contributed by atoms with Crippen molar-refractivity contribution in [3.63, 3.8) is 0 Å². The molecule has 0 saturated carbocycles. The number of hydrogen-bond acceptors (Lipinski definition) is 5. The summed E-state index contributed by atoms with van der Waals surface area (Å²) in [6.45, 7) is 6.32. The van der Waals surface area contributed by atoms with Crippen LogP contribution in [0.5, 0.6) is 11.5 Å². The van der Waals surface area contributed by atoms with Crippen LogP contribution < -0.4 is 9.47 Å². The molecular weight excluding hydrogens is 284 g/mol. The molecule has 0 radical (unpaired) electrons. The normalized spacial score (nSPS) is 14.7. The standard InChI is InChI=1S/C16H20N2O4/c1-16(2,3)22-15(19)18(4)12(10-17)11-5-6-13-14(9-11)21-8-7-20-13/h5-6,9,12H,7-8H2,1-4H3. The molecule has 0 aliphatic carbocycles. The zero-order valence-corrected chi connectivity index (χ0v) is 13.3. The monoisotopic (exact) mass is 304 g/mol. The van der Waals surface area contributed by atoms with Crippen molar-refractivity contribution in [2.75, 3.05) is 20.3 Å². The largest absolute Gasteiger partial charge is 0.486 e. The quantitative estimate of drug-likeness (QED) is 0.840. The van der Waals surface area contributed by atoms with Gasteiger partial charge in [0.25, 0.3) is 0 Å². The van der Waals surface area contributed by atoms with Crippen LogP contribution in [0.2, 0.25) is 0 Å². The van der Waals surface area contributed by atoms with E-state index in [0.29, 0.717) is 30.3 Å². The first kappa shape index (κ1) is 16.0. The molecule has 2 rings (SSSR count). The summed E-state index contributed by atoms with van der Waals surface area (Å²) in [4.78, 5) is 13.4. The lowest BCUT2D eigenvalue weighted by Gasteiger charge is -2.28. The van der Waals surface area contributed by atoms with Crippen molar-refractivity contribution >= 4 is 6.09 Å². The molecule has 6 heteroatoms. The number of carbonyl (C=O) groups is 1. The summed E-state index contributed by atoms with van der Waals surface area (Å²) >= 11 is 0. The Kier molecular flexibility index (Phi) is 4.45. The van der Waals surface area contributed by atoms with Crippen molar-refractivity contribution in [1.82, 2.24) is 4.90 Å². The van der Waals surface area contributed by atoms with E-state index in [0.717, 1.165) is 0 Å². The van der Waals surface area contributed by atoms with E-state index in [-0.39, 0.29) is 0 Å². The smallest absolute Gasteiger partial charge is 0.411 e. The predicted molar refractivity (Wildman–Crippen MR) is 79.8 cm³/mol. The predicted octanol–water partition coefficient (Wildman–Crippen LogP) is 2.89. The molecule has 1 aromatic rings. The molecule has 1 amide bonds. The number of fused-ring (bicyclic) bond motifs is 1. The van der Waals surface area contributed by atoms with Gasteiger partial charge < -0.3 is 14.2 Å². The van der Waals surface area contributed by atoms with Crippen LogP contribution in [0.1, 0.15) is 32.4 Å². The lowest BCUT2D eigenvalue weighted by atomic mass is 10.1. The Labute approximate surface area is 130 Å². The summed E-state index contributed by atoms with van der Waals surface area (Å²) < 4.78 is 16.3. The van der Waals surface area contributed by atoms with Gasteiger partial charge in [-0.1, -0.05) is 6.07 Å². The van der Waals surface area contributed by atoms with E-state index in [9.17, 15) is 10.1 Å². The maximum Gasteiger partial charge on any atom is 0.411 e. The number of rotatable bonds is 2. The summed E-state index contributed by atoms with van der Waals surface area (Å²) in [6.07, 6.45) is -0.547. The molecular formula is C16H20N2O4. The minimum Gasteiger partial charge on any atom is -0.486 e.